The molecule has 42 heavy (non-hydrogen) atoms. The van der Waals surface area contributed by atoms with Crippen LogP contribution in [0.2, 0.25) is 0 Å². The highest BCUT2D eigenvalue weighted by molar-refractivity contribution is 5.93. The van der Waals surface area contributed by atoms with E-state index in [2.05, 4.69) is 18.5 Å². The largest absolute Gasteiger partial charge is 0.493 e. The second-order valence-electron chi connectivity index (χ2n) is 11.5. The van der Waals surface area contributed by atoms with E-state index in [1.807, 2.05) is 19.9 Å². The van der Waals surface area contributed by atoms with Gasteiger partial charge >= 0.3 is 0 Å². The predicted molar refractivity (Wildman–Crippen MR) is 159 cm³/mol. The van der Waals surface area contributed by atoms with Crippen molar-refractivity contribution in [3.05, 3.63) is 86.3 Å². The highest BCUT2D eigenvalue weighted by Crippen LogP contribution is 2.47. The maximum absolute atomic E-state index is 15.2. The van der Waals surface area contributed by atoms with E-state index >= 15 is 4.39 Å². The molecule has 4 heterocycles. The summed E-state index contributed by atoms with van der Waals surface area (Å²) in [5.41, 5.74) is 7.62. The SMILES string of the molecule is C=C(CC)NCOCC(=O)N(C)C1CCc2c(C)c(F)cc3nc4c(c1c23)Cn1c-4cc2c(c1=O)COC(=C)C2CC. The fraction of sp³-hybridized carbons (Fsp3) is 0.424. The molecular weight excluding hydrogens is 535 g/mol. The molecule has 2 atom stereocenters. The molecule has 9 heteroatoms. The van der Waals surface area contributed by atoms with E-state index in [1.54, 1.807) is 23.4 Å². The zero-order chi connectivity index (χ0) is 29.9. The molecule has 3 aliphatic rings. The van der Waals surface area contributed by atoms with Crippen LogP contribution in [0.15, 0.2) is 41.5 Å². The van der Waals surface area contributed by atoms with E-state index in [0.717, 1.165) is 46.2 Å². The van der Waals surface area contributed by atoms with E-state index in [1.165, 1.54) is 6.07 Å². The van der Waals surface area contributed by atoms with Crippen LogP contribution in [0.3, 0.4) is 0 Å². The first-order valence-electron chi connectivity index (χ1n) is 14.6. The number of hydrogen-bond acceptors (Lipinski definition) is 6. The van der Waals surface area contributed by atoms with Crippen LogP contribution < -0.4 is 10.9 Å². The Morgan fingerprint density at radius 2 is 2.07 bits per heavy atom. The van der Waals surface area contributed by atoms with Crippen LogP contribution in [0.5, 0.6) is 0 Å². The van der Waals surface area contributed by atoms with Crippen LogP contribution in [0, 0.1) is 12.7 Å². The number of nitrogens with zero attached hydrogens (tertiary/aromatic N) is 3. The molecular formula is C33H37FN4O4. The zero-order valence-electron chi connectivity index (χ0n) is 24.7. The minimum Gasteiger partial charge on any atom is -0.493 e. The number of hydrogen-bond donors (Lipinski definition) is 1. The van der Waals surface area contributed by atoms with Crippen molar-refractivity contribution in [1.29, 1.82) is 0 Å². The highest BCUT2D eigenvalue weighted by atomic mass is 19.1. The monoisotopic (exact) mass is 572 g/mol. The van der Waals surface area contributed by atoms with Crippen LogP contribution in [-0.2, 0) is 33.8 Å². The van der Waals surface area contributed by atoms with Crippen LogP contribution >= 0.6 is 0 Å². The first-order valence-corrected chi connectivity index (χ1v) is 14.6. The van der Waals surface area contributed by atoms with Gasteiger partial charge in [0.2, 0.25) is 5.91 Å². The number of carbonyl (C=O) groups excluding carboxylic acids is 1. The molecule has 0 radical (unpaired) electrons. The summed E-state index contributed by atoms with van der Waals surface area (Å²) in [7, 11) is 1.79. The Bertz CT molecular complexity index is 1730. The van der Waals surface area contributed by atoms with Crippen molar-refractivity contribution < 1.29 is 18.7 Å². The molecule has 0 saturated heterocycles. The average Bonchev–Trinajstić information content (AvgIpc) is 3.35. The molecule has 6 rings (SSSR count). The number of aromatic nitrogens is 2. The maximum Gasteiger partial charge on any atom is 0.258 e. The topological polar surface area (TPSA) is 85.7 Å². The lowest BCUT2D eigenvalue weighted by Crippen LogP contribution is -2.37. The Labute approximate surface area is 244 Å². The number of benzene rings is 1. The fourth-order valence-corrected chi connectivity index (χ4v) is 6.76. The Morgan fingerprint density at radius 3 is 2.81 bits per heavy atom. The Morgan fingerprint density at radius 1 is 1.29 bits per heavy atom. The van der Waals surface area contributed by atoms with Gasteiger partial charge in [-0.25, -0.2) is 9.37 Å². The van der Waals surface area contributed by atoms with Gasteiger partial charge < -0.3 is 24.3 Å². The second-order valence-corrected chi connectivity index (χ2v) is 11.5. The van der Waals surface area contributed by atoms with Gasteiger partial charge in [-0.2, -0.15) is 0 Å². The van der Waals surface area contributed by atoms with Crippen molar-refractivity contribution in [2.45, 2.75) is 71.6 Å². The van der Waals surface area contributed by atoms with Crippen LogP contribution in [-0.4, -0.2) is 40.7 Å². The molecule has 1 N–H and O–H groups in total. The zero-order valence-corrected chi connectivity index (χ0v) is 24.7. The third-order valence-corrected chi connectivity index (χ3v) is 9.25. The molecule has 0 bridgehead atoms. The number of halogens is 1. The van der Waals surface area contributed by atoms with Crippen molar-refractivity contribution in [1.82, 2.24) is 19.8 Å². The number of carbonyl (C=O) groups is 1. The molecule has 1 aromatic carbocycles. The molecule has 8 nitrogen and oxygen atoms in total. The maximum atomic E-state index is 15.2. The van der Waals surface area contributed by atoms with Crippen molar-refractivity contribution in [3.63, 3.8) is 0 Å². The Balaban J connectivity index is 1.47. The average molecular weight is 573 g/mol. The molecule has 2 aromatic heterocycles. The van der Waals surface area contributed by atoms with E-state index in [0.29, 0.717) is 53.2 Å². The number of fused-ring (bicyclic) bond motifs is 5. The number of pyridine rings is 2. The summed E-state index contributed by atoms with van der Waals surface area (Å²) in [5.74, 6) is 0.124. The van der Waals surface area contributed by atoms with Gasteiger partial charge in [0.25, 0.3) is 5.56 Å². The van der Waals surface area contributed by atoms with Gasteiger partial charge in [0.1, 0.15) is 25.8 Å². The summed E-state index contributed by atoms with van der Waals surface area (Å²) >= 11 is 0. The summed E-state index contributed by atoms with van der Waals surface area (Å²) in [6, 6.07) is 3.25. The minimum atomic E-state index is -0.298. The number of likely N-dealkylation sites (N-methyl/N-ethyl adjacent to an activating group) is 1. The van der Waals surface area contributed by atoms with E-state index in [-0.39, 0.29) is 49.2 Å². The lowest BCUT2D eigenvalue weighted by atomic mass is 9.81. The second kappa shape index (κ2) is 10.7. The van der Waals surface area contributed by atoms with Gasteiger partial charge in [0.15, 0.2) is 0 Å². The van der Waals surface area contributed by atoms with Gasteiger partial charge in [0.05, 0.1) is 40.8 Å². The van der Waals surface area contributed by atoms with Crippen LogP contribution in [0.4, 0.5) is 4.39 Å². The normalized spacial score (nSPS) is 18.3. The third-order valence-electron chi connectivity index (χ3n) is 9.25. The van der Waals surface area contributed by atoms with Gasteiger partial charge in [0, 0.05) is 35.7 Å². The summed E-state index contributed by atoms with van der Waals surface area (Å²) in [5, 5.41) is 3.94. The van der Waals surface area contributed by atoms with E-state index in [9.17, 15) is 9.59 Å². The molecule has 0 fully saturated rings. The van der Waals surface area contributed by atoms with Gasteiger partial charge in [-0.15, -0.1) is 0 Å². The quantitative estimate of drug-likeness (QED) is 0.227. The summed E-state index contributed by atoms with van der Waals surface area (Å²) in [4.78, 5) is 33.9. The lowest BCUT2D eigenvalue weighted by Gasteiger charge is -2.35. The minimum absolute atomic E-state index is 0.0811. The number of rotatable bonds is 8. The van der Waals surface area contributed by atoms with Gasteiger partial charge in [-0.1, -0.05) is 27.0 Å². The molecule has 0 saturated carbocycles. The van der Waals surface area contributed by atoms with Gasteiger partial charge in [-0.3, -0.25) is 9.59 Å². The predicted octanol–water partition coefficient (Wildman–Crippen LogP) is 5.34. The summed E-state index contributed by atoms with van der Waals surface area (Å²) in [6.07, 6.45) is 2.78. The van der Waals surface area contributed by atoms with Crippen molar-refractivity contribution in [3.8, 4) is 11.4 Å². The number of allylic oxidation sites excluding steroid dienone is 2. The number of aryl methyl sites for hydroxylation is 1. The molecule has 3 aromatic rings. The summed E-state index contributed by atoms with van der Waals surface area (Å²) < 4.78 is 28.3. The van der Waals surface area contributed by atoms with Crippen molar-refractivity contribution in [2.75, 3.05) is 20.4 Å². The number of nitrogens with one attached hydrogen (secondary N) is 1. The first-order chi connectivity index (χ1) is 20.2. The molecule has 2 unspecified atom stereocenters. The summed E-state index contributed by atoms with van der Waals surface area (Å²) in [6.45, 7) is 14.4. The molecule has 220 valence electrons. The molecule has 1 amide bonds. The fourth-order valence-electron chi connectivity index (χ4n) is 6.76. The first kappa shape index (κ1) is 28.2. The van der Waals surface area contributed by atoms with Crippen LogP contribution in [0.1, 0.15) is 78.5 Å². The highest BCUT2D eigenvalue weighted by Gasteiger charge is 2.38. The lowest BCUT2D eigenvalue weighted by molar-refractivity contribution is -0.137. The molecule has 2 aliphatic heterocycles. The van der Waals surface area contributed by atoms with Gasteiger partial charge in [-0.05, 0) is 60.9 Å². The van der Waals surface area contributed by atoms with E-state index < -0.39 is 0 Å². The molecule has 1 aliphatic carbocycles. The standard InChI is InChI=1S/C33H37FN4O4/c1-7-17(3)35-16-41-15-29(39)37(6)27-10-9-21-18(4)25(34)12-26-30(21)31(27)23-13-38-28(32(23)36-26)11-22-20(8-2)19(5)42-14-24(22)33(38)40/h11-12,20,27,35H,3,5,7-10,13-16H2,1-2,4,6H3. The number of amides is 1. The van der Waals surface area contributed by atoms with Crippen molar-refractivity contribution >= 4 is 16.8 Å². The molecule has 0 spiro atoms. The van der Waals surface area contributed by atoms with Crippen LogP contribution in [0.25, 0.3) is 22.3 Å². The van der Waals surface area contributed by atoms with E-state index in [4.69, 9.17) is 14.5 Å². The van der Waals surface area contributed by atoms with Crippen molar-refractivity contribution in [2.24, 2.45) is 0 Å². The smallest absolute Gasteiger partial charge is 0.258 e. The Kier molecular flexibility index (Phi) is 7.17. The Hall–Kier alpha value is -3.98. The number of ether oxygens (including phenoxy) is 2. The third kappa shape index (κ3) is 4.33.